The predicted octanol–water partition coefficient (Wildman–Crippen LogP) is 3.51. The van der Waals surface area contributed by atoms with Gasteiger partial charge >= 0.3 is 12.1 Å². The van der Waals surface area contributed by atoms with E-state index in [-0.39, 0.29) is 6.42 Å². The molecule has 1 fully saturated rings. The molecule has 6 heteroatoms. The van der Waals surface area contributed by atoms with Gasteiger partial charge in [-0.1, -0.05) is 25.0 Å². The number of fused-ring (bicyclic) bond motifs is 1. The van der Waals surface area contributed by atoms with Gasteiger partial charge in [0, 0.05) is 24.7 Å². The Morgan fingerprint density at radius 3 is 2.63 bits per heavy atom. The van der Waals surface area contributed by atoms with Crippen molar-refractivity contribution in [3.8, 4) is 0 Å². The molecule has 27 heavy (non-hydrogen) atoms. The fourth-order valence-electron chi connectivity index (χ4n) is 4.09. The number of carboxylic acids is 1. The van der Waals surface area contributed by atoms with E-state index in [2.05, 4.69) is 22.3 Å². The number of aliphatic carboxylic acids is 1. The summed E-state index contributed by atoms with van der Waals surface area (Å²) in [5.74, 6) is -1.06. The van der Waals surface area contributed by atoms with Crippen molar-refractivity contribution in [2.24, 2.45) is 0 Å². The van der Waals surface area contributed by atoms with Gasteiger partial charge < -0.3 is 20.1 Å². The minimum Gasteiger partial charge on any atom is -0.480 e. The highest BCUT2D eigenvalue weighted by Crippen LogP contribution is 2.35. The quantitative estimate of drug-likeness (QED) is 0.824. The van der Waals surface area contributed by atoms with Gasteiger partial charge in [0.2, 0.25) is 0 Å². The van der Waals surface area contributed by atoms with E-state index in [1.165, 1.54) is 36.9 Å². The van der Waals surface area contributed by atoms with Crippen LogP contribution in [0.1, 0.15) is 57.6 Å². The van der Waals surface area contributed by atoms with Crippen molar-refractivity contribution in [2.75, 3.05) is 11.4 Å². The van der Waals surface area contributed by atoms with Crippen LogP contribution in [0, 0.1) is 0 Å². The highest BCUT2D eigenvalue weighted by atomic mass is 16.6. The lowest BCUT2D eigenvalue weighted by atomic mass is 10.0. The number of anilines is 1. The number of rotatable bonds is 5. The van der Waals surface area contributed by atoms with Crippen molar-refractivity contribution in [1.29, 1.82) is 0 Å². The average molecular weight is 374 g/mol. The van der Waals surface area contributed by atoms with Gasteiger partial charge in [-0.3, -0.25) is 0 Å². The summed E-state index contributed by atoms with van der Waals surface area (Å²) in [6.07, 6.45) is 5.69. The van der Waals surface area contributed by atoms with E-state index in [4.69, 9.17) is 4.74 Å². The van der Waals surface area contributed by atoms with E-state index in [0.29, 0.717) is 6.04 Å². The van der Waals surface area contributed by atoms with E-state index < -0.39 is 23.7 Å². The first-order valence-electron chi connectivity index (χ1n) is 9.84. The molecule has 0 spiro atoms. The number of carboxylic acid groups (broad SMARTS) is 1. The van der Waals surface area contributed by atoms with E-state index in [1.54, 1.807) is 20.8 Å². The zero-order valence-electron chi connectivity index (χ0n) is 16.5. The van der Waals surface area contributed by atoms with E-state index in [0.717, 1.165) is 18.5 Å². The zero-order valence-corrected chi connectivity index (χ0v) is 16.5. The number of hydrogen-bond acceptors (Lipinski definition) is 4. The maximum Gasteiger partial charge on any atom is 0.408 e. The first-order chi connectivity index (χ1) is 12.7. The van der Waals surface area contributed by atoms with Crippen LogP contribution in [-0.4, -0.2) is 41.4 Å². The summed E-state index contributed by atoms with van der Waals surface area (Å²) < 4.78 is 5.18. The summed E-state index contributed by atoms with van der Waals surface area (Å²) in [7, 11) is 0. The van der Waals surface area contributed by atoms with Crippen LogP contribution in [0.25, 0.3) is 0 Å². The highest BCUT2D eigenvalue weighted by Gasteiger charge is 2.29. The largest absolute Gasteiger partial charge is 0.480 e. The fourth-order valence-corrected chi connectivity index (χ4v) is 4.09. The molecular formula is C21H30N2O4. The first-order valence-corrected chi connectivity index (χ1v) is 9.84. The lowest BCUT2D eigenvalue weighted by molar-refractivity contribution is -0.139. The Bertz CT molecular complexity index is 705. The van der Waals surface area contributed by atoms with Crippen LogP contribution in [0.2, 0.25) is 0 Å². The third-order valence-electron chi connectivity index (χ3n) is 5.27. The molecule has 148 valence electrons. The Morgan fingerprint density at radius 2 is 2.00 bits per heavy atom. The van der Waals surface area contributed by atoms with Crippen molar-refractivity contribution >= 4 is 17.7 Å². The number of nitrogens with one attached hydrogen (secondary N) is 1. The SMILES string of the molecule is CC(C)(C)OC(=O)NC(Cc1ccc2c(c1)CCN2C1CCCC1)C(=O)O. The predicted molar refractivity (Wildman–Crippen MR) is 104 cm³/mol. The number of amides is 1. The fraction of sp³-hybridized carbons (Fsp3) is 0.619. The lowest BCUT2D eigenvalue weighted by Gasteiger charge is -2.27. The summed E-state index contributed by atoms with van der Waals surface area (Å²) in [5.41, 5.74) is 2.83. The Labute approximate surface area is 160 Å². The van der Waals surface area contributed by atoms with Crippen LogP contribution in [0.4, 0.5) is 10.5 Å². The van der Waals surface area contributed by atoms with Crippen molar-refractivity contribution < 1.29 is 19.4 Å². The van der Waals surface area contributed by atoms with Gasteiger partial charge in [-0.2, -0.15) is 0 Å². The summed E-state index contributed by atoms with van der Waals surface area (Å²) in [6, 6.07) is 5.83. The van der Waals surface area contributed by atoms with Gasteiger partial charge in [-0.05, 0) is 57.2 Å². The second-order valence-electron chi connectivity index (χ2n) is 8.59. The molecule has 6 nitrogen and oxygen atoms in total. The minimum absolute atomic E-state index is 0.241. The molecule has 0 radical (unpaired) electrons. The van der Waals surface area contributed by atoms with Crippen molar-refractivity contribution in [3.05, 3.63) is 29.3 Å². The smallest absolute Gasteiger partial charge is 0.408 e. The molecule has 0 saturated heterocycles. The van der Waals surface area contributed by atoms with Crippen LogP contribution in [0.3, 0.4) is 0 Å². The number of nitrogens with zero attached hydrogens (tertiary/aromatic N) is 1. The molecule has 1 aliphatic heterocycles. The Kier molecular flexibility index (Phi) is 5.63. The molecule has 1 atom stereocenters. The van der Waals surface area contributed by atoms with Crippen molar-refractivity contribution in [1.82, 2.24) is 5.32 Å². The van der Waals surface area contributed by atoms with Gasteiger partial charge in [0.15, 0.2) is 0 Å². The van der Waals surface area contributed by atoms with E-state index in [9.17, 15) is 14.7 Å². The number of carbonyl (C=O) groups is 2. The van der Waals surface area contributed by atoms with Gasteiger partial charge in [-0.15, -0.1) is 0 Å². The third-order valence-corrected chi connectivity index (χ3v) is 5.27. The number of carbonyl (C=O) groups excluding carboxylic acids is 1. The normalized spacial score (nSPS) is 18.3. The standard InChI is InChI=1S/C21H30N2O4/c1-21(2,3)27-20(26)22-17(19(24)25)13-14-8-9-18-15(12-14)10-11-23(18)16-6-4-5-7-16/h8-9,12,16-17H,4-7,10-11,13H2,1-3H3,(H,22,26)(H,24,25). The molecule has 2 N–H and O–H groups in total. The first kappa shape index (κ1) is 19.5. The summed E-state index contributed by atoms with van der Waals surface area (Å²) >= 11 is 0. The molecule has 1 aliphatic carbocycles. The topological polar surface area (TPSA) is 78.9 Å². The molecule has 1 heterocycles. The molecule has 1 unspecified atom stereocenters. The van der Waals surface area contributed by atoms with Crippen LogP contribution >= 0.6 is 0 Å². The molecule has 1 aromatic rings. The van der Waals surface area contributed by atoms with E-state index >= 15 is 0 Å². The minimum atomic E-state index is -1.06. The average Bonchev–Trinajstić information content (AvgIpc) is 3.20. The second kappa shape index (κ2) is 7.79. The Hall–Kier alpha value is -2.24. The number of ether oxygens (including phenoxy) is 1. The number of hydrogen-bond donors (Lipinski definition) is 2. The maximum atomic E-state index is 11.9. The van der Waals surface area contributed by atoms with Crippen LogP contribution in [0.5, 0.6) is 0 Å². The Morgan fingerprint density at radius 1 is 1.30 bits per heavy atom. The molecular weight excluding hydrogens is 344 g/mol. The lowest BCUT2D eigenvalue weighted by Crippen LogP contribution is -2.44. The number of benzene rings is 1. The molecule has 1 saturated carbocycles. The maximum absolute atomic E-state index is 11.9. The van der Waals surface area contributed by atoms with Crippen LogP contribution < -0.4 is 10.2 Å². The van der Waals surface area contributed by atoms with Crippen LogP contribution in [-0.2, 0) is 22.4 Å². The molecule has 3 rings (SSSR count). The second-order valence-corrected chi connectivity index (χ2v) is 8.59. The van der Waals surface area contributed by atoms with E-state index in [1.807, 2.05) is 6.07 Å². The van der Waals surface area contributed by atoms with Crippen LogP contribution in [0.15, 0.2) is 18.2 Å². The summed E-state index contributed by atoms with van der Waals surface area (Å²) in [6.45, 7) is 6.29. The van der Waals surface area contributed by atoms with Gasteiger partial charge in [0.1, 0.15) is 11.6 Å². The van der Waals surface area contributed by atoms with Gasteiger partial charge in [-0.25, -0.2) is 9.59 Å². The Balaban J connectivity index is 1.67. The monoisotopic (exact) mass is 374 g/mol. The number of alkyl carbamates (subject to hydrolysis) is 1. The molecule has 0 aromatic heterocycles. The van der Waals surface area contributed by atoms with Crippen molar-refractivity contribution in [2.45, 2.75) is 77.0 Å². The zero-order chi connectivity index (χ0) is 19.6. The molecule has 0 bridgehead atoms. The van der Waals surface area contributed by atoms with Gasteiger partial charge in [0.05, 0.1) is 0 Å². The van der Waals surface area contributed by atoms with Crippen molar-refractivity contribution in [3.63, 3.8) is 0 Å². The van der Waals surface area contributed by atoms with Gasteiger partial charge in [0.25, 0.3) is 0 Å². The molecule has 2 aliphatic rings. The summed E-state index contributed by atoms with van der Waals surface area (Å²) in [4.78, 5) is 26.0. The highest BCUT2D eigenvalue weighted by molar-refractivity contribution is 5.80. The third kappa shape index (κ3) is 4.93. The molecule has 1 amide bonds. The summed E-state index contributed by atoms with van der Waals surface area (Å²) in [5, 5.41) is 12.0. The molecule has 1 aromatic carbocycles.